The molecule has 0 aromatic carbocycles. The minimum absolute atomic E-state index is 0. The Labute approximate surface area is 93.8 Å². The molecule has 3 nitrogen and oxygen atoms in total. The summed E-state index contributed by atoms with van der Waals surface area (Å²) in [5.41, 5.74) is -0.118. The third-order valence-corrected chi connectivity index (χ3v) is 2.59. The van der Waals surface area contributed by atoms with Crippen molar-refractivity contribution in [3.8, 4) is 0 Å². The number of ether oxygens (including phenoxy) is 1. The summed E-state index contributed by atoms with van der Waals surface area (Å²) in [7, 11) is 0. The van der Waals surface area contributed by atoms with Crippen molar-refractivity contribution in [3.63, 3.8) is 0 Å². The average molecular weight is 215 g/mol. The number of carbonyl (C=O) groups is 1. The van der Waals surface area contributed by atoms with Crippen molar-refractivity contribution in [2.75, 3.05) is 6.54 Å². The lowest BCUT2D eigenvalue weighted by Crippen LogP contribution is -2.43. The summed E-state index contributed by atoms with van der Waals surface area (Å²) in [6, 6.07) is 0. The van der Waals surface area contributed by atoms with Gasteiger partial charge in [0.25, 0.3) is 0 Å². The van der Waals surface area contributed by atoms with Gasteiger partial charge in [0, 0.05) is 11.0 Å². The Morgan fingerprint density at radius 2 is 1.67 bits per heavy atom. The lowest BCUT2D eigenvalue weighted by Gasteiger charge is -2.30. The molecule has 0 aromatic rings. The minimum atomic E-state index is -0.183. The highest BCUT2D eigenvalue weighted by Crippen LogP contribution is 2.31. The first-order chi connectivity index (χ1) is 6.12. The molecule has 90 valence electrons. The predicted octanol–water partition coefficient (Wildman–Crippen LogP) is 3.29. The van der Waals surface area contributed by atoms with E-state index in [4.69, 9.17) is 4.74 Å². The summed E-state index contributed by atoms with van der Waals surface area (Å²) in [5, 5.41) is 0. The molecule has 0 radical (unpaired) electrons. The Kier molecular flexibility index (Phi) is 3.83. The van der Waals surface area contributed by atoms with Gasteiger partial charge in [-0.3, -0.25) is 4.90 Å². The molecule has 1 fully saturated rings. The van der Waals surface area contributed by atoms with Crippen molar-refractivity contribution >= 4 is 6.09 Å². The van der Waals surface area contributed by atoms with E-state index >= 15 is 0 Å². The monoisotopic (exact) mass is 215 g/mol. The van der Waals surface area contributed by atoms with Gasteiger partial charge < -0.3 is 4.74 Å². The number of hydrogen-bond donors (Lipinski definition) is 0. The van der Waals surface area contributed by atoms with Crippen LogP contribution in [-0.2, 0) is 4.74 Å². The third-order valence-electron chi connectivity index (χ3n) is 2.59. The highest BCUT2D eigenvalue weighted by atomic mass is 16.6. The molecule has 0 aliphatic carbocycles. The van der Waals surface area contributed by atoms with Gasteiger partial charge in [-0.05, 0) is 20.8 Å². The number of cyclic esters (lactones) is 1. The topological polar surface area (TPSA) is 29.5 Å². The van der Waals surface area contributed by atoms with E-state index in [1.54, 1.807) is 4.90 Å². The summed E-state index contributed by atoms with van der Waals surface area (Å²) in [6.07, 6.45) is -0.174. The van der Waals surface area contributed by atoms with Gasteiger partial charge in [0.15, 0.2) is 0 Å². The van der Waals surface area contributed by atoms with E-state index in [1.165, 1.54) is 0 Å². The van der Waals surface area contributed by atoms with Crippen LogP contribution in [0.3, 0.4) is 0 Å². The van der Waals surface area contributed by atoms with E-state index in [9.17, 15) is 4.79 Å². The maximum absolute atomic E-state index is 11.6. The van der Waals surface area contributed by atoms with Gasteiger partial charge >= 0.3 is 6.09 Å². The van der Waals surface area contributed by atoms with E-state index in [0.29, 0.717) is 6.54 Å². The van der Waals surface area contributed by atoms with Crippen LogP contribution in [-0.4, -0.2) is 29.2 Å². The lowest BCUT2D eigenvalue weighted by atomic mass is 9.89. The lowest BCUT2D eigenvalue weighted by molar-refractivity contribution is 0.0719. The van der Waals surface area contributed by atoms with Crippen LogP contribution in [0.4, 0.5) is 4.79 Å². The van der Waals surface area contributed by atoms with Crippen molar-refractivity contribution in [3.05, 3.63) is 0 Å². The summed E-state index contributed by atoms with van der Waals surface area (Å²) in [4.78, 5) is 13.4. The number of rotatable bonds is 0. The van der Waals surface area contributed by atoms with Crippen LogP contribution in [0.2, 0.25) is 0 Å². The fourth-order valence-corrected chi connectivity index (χ4v) is 1.46. The highest BCUT2D eigenvalue weighted by molar-refractivity contribution is 5.71. The van der Waals surface area contributed by atoms with Crippen molar-refractivity contribution < 1.29 is 9.53 Å². The second kappa shape index (κ2) is 4.03. The second-order valence-electron chi connectivity index (χ2n) is 6.02. The van der Waals surface area contributed by atoms with Crippen LogP contribution >= 0.6 is 0 Å². The summed E-state index contributed by atoms with van der Waals surface area (Å²) in [5.74, 6) is 0. The molecule has 1 heterocycles. The first kappa shape index (κ1) is 14.3. The molecule has 0 bridgehead atoms. The molecule has 1 saturated heterocycles. The third kappa shape index (κ3) is 3.11. The van der Waals surface area contributed by atoms with Crippen molar-refractivity contribution in [1.82, 2.24) is 4.90 Å². The summed E-state index contributed by atoms with van der Waals surface area (Å²) >= 11 is 0. The SMILES string of the molecule is C.CC(C)(C)C1CN(C(C)(C)C)C(=O)O1. The van der Waals surface area contributed by atoms with E-state index in [2.05, 4.69) is 20.8 Å². The fraction of sp³-hybridized carbons (Fsp3) is 0.917. The summed E-state index contributed by atoms with van der Waals surface area (Å²) < 4.78 is 5.35. The van der Waals surface area contributed by atoms with Gasteiger partial charge in [0.1, 0.15) is 6.10 Å². The first-order valence-corrected chi connectivity index (χ1v) is 5.10. The van der Waals surface area contributed by atoms with Gasteiger partial charge in [-0.25, -0.2) is 4.79 Å². The zero-order valence-electron chi connectivity index (χ0n) is 10.0. The predicted molar refractivity (Wildman–Crippen MR) is 62.9 cm³/mol. The maximum Gasteiger partial charge on any atom is 0.410 e. The second-order valence-corrected chi connectivity index (χ2v) is 6.02. The van der Waals surface area contributed by atoms with Gasteiger partial charge in [-0.1, -0.05) is 28.2 Å². The largest absolute Gasteiger partial charge is 0.444 e. The van der Waals surface area contributed by atoms with Crippen LogP contribution in [0.25, 0.3) is 0 Å². The Balaban J connectivity index is 0.00000196. The molecule has 0 aromatic heterocycles. The maximum atomic E-state index is 11.6. The van der Waals surface area contributed by atoms with Gasteiger partial charge in [-0.2, -0.15) is 0 Å². The molecular weight excluding hydrogens is 190 g/mol. The summed E-state index contributed by atoms with van der Waals surface area (Å²) in [6.45, 7) is 13.1. The molecule has 1 atom stereocenters. The fourth-order valence-electron chi connectivity index (χ4n) is 1.46. The van der Waals surface area contributed by atoms with E-state index < -0.39 is 0 Å². The Hall–Kier alpha value is -0.730. The van der Waals surface area contributed by atoms with Gasteiger partial charge in [0.05, 0.1) is 6.54 Å². The Morgan fingerprint density at radius 3 is 1.87 bits per heavy atom. The van der Waals surface area contributed by atoms with Crippen LogP contribution in [0.15, 0.2) is 0 Å². The minimum Gasteiger partial charge on any atom is -0.444 e. The molecule has 3 heteroatoms. The van der Waals surface area contributed by atoms with Crippen molar-refractivity contribution in [2.24, 2.45) is 5.41 Å². The van der Waals surface area contributed by atoms with Crippen LogP contribution in [0.5, 0.6) is 0 Å². The molecule has 1 aliphatic rings. The quantitative estimate of drug-likeness (QED) is 0.620. The zero-order chi connectivity index (χ0) is 11.1. The van der Waals surface area contributed by atoms with Crippen molar-refractivity contribution in [2.45, 2.75) is 60.6 Å². The van der Waals surface area contributed by atoms with Crippen LogP contribution < -0.4 is 0 Å². The zero-order valence-corrected chi connectivity index (χ0v) is 10.0. The highest BCUT2D eigenvalue weighted by Gasteiger charge is 2.42. The molecule has 15 heavy (non-hydrogen) atoms. The van der Waals surface area contributed by atoms with Gasteiger partial charge in [-0.15, -0.1) is 0 Å². The molecule has 1 rings (SSSR count). The van der Waals surface area contributed by atoms with E-state index in [1.807, 2.05) is 20.8 Å². The van der Waals surface area contributed by atoms with Gasteiger partial charge in [0.2, 0.25) is 0 Å². The number of amides is 1. The molecule has 0 spiro atoms. The van der Waals surface area contributed by atoms with Crippen molar-refractivity contribution in [1.29, 1.82) is 0 Å². The normalized spacial score (nSPS) is 22.4. The number of hydrogen-bond acceptors (Lipinski definition) is 2. The average Bonchev–Trinajstić information content (AvgIpc) is 2.27. The molecular formula is C12H25NO2. The van der Waals surface area contributed by atoms with E-state index in [-0.39, 0.29) is 30.6 Å². The Morgan fingerprint density at radius 1 is 1.20 bits per heavy atom. The molecule has 0 saturated carbocycles. The van der Waals surface area contributed by atoms with E-state index in [0.717, 1.165) is 0 Å². The standard InChI is InChI=1S/C11H21NO2.CH4/c1-10(2,3)8-7-12(9(13)14-8)11(4,5)6;/h8H,7H2,1-6H3;1H4. The molecule has 1 unspecified atom stereocenters. The Bertz CT molecular complexity index is 235. The first-order valence-electron chi connectivity index (χ1n) is 5.10. The molecule has 0 N–H and O–H groups in total. The smallest absolute Gasteiger partial charge is 0.410 e. The number of nitrogens with zero attached hydrogens (tertiary/aromatic N) is 1. The molecule has 1 amide bonds. The number of carbonyl (C=O) groups excluding carboxylic acids is 1. The molecule has 1 aliphatic heterocycles. The van der Waals surface area contributed by atoms with Crippen LogP contribution in [0.1, 0.15) is 49.0 Å². The van der Waals surface area contributed by atoms with Crippen LogP contribution in [0, 0.1) is 5.41 Å².